The summed E-state index contributed by atoms with van der Waals surface area (Å²) in [5.41, 5.74) is 1.06. The molecule has 0 radical (unpaired) electrons. The first-order valence-corrected chi connectivity index (χ1v) is 10.1. The summed E-state index contributed by atoms with van der Waals surface area (Å²) in [6.07, 6.45) is 4.62. The minimum atomic E-state index is -0.634. The van der Waals surface area contributed by atoms with E-state index in [1.54, 1.807) is 43.6 Å². The van der Waals surface area contributed by atoms with Gasteiger partial charge in [-0.3, -0.25) is 9.78 Å². The molecular weight excluding hydrogens is 384 g/mol. The van der Waals surface area contributed by atoms with Crippen LogP contribution in [0.3, 0.4) is 0 Å². The molecule has 156 valence electrons. The number of ether oxygens (including phenoxy) is 2. The summed E-state index contributed by atoms with van der Waals surface area (Å²) >= 11 is 0. The zero-order valence-electron chi connectivity index (χ0n) is 16.8. The first kappa shape index (κ1) is 20.1. The Morgan fingerprint density at radius 1 is 1.23 bits per heavy atom. The second kappa shape index (κ2) is 9.09. The summed E-state index contributed by atoms with van der Waals surface area (Å²) in [5.74, 6) is 0.433. The van der Waals surface area contributed by atoms with E-state index in [9.17, 15) is 9.59 Å². The molecule has 4 rings (SSSR count). The van der Waals surface area contributed by atoms with Gasteiger partial charge < -0.3 is 18.8 Å². The zero-order valence-corrected chi connectivity index (χ0v) is 16.8. The van der Waals surface area contributed by atoms with E-state index in [2.05, 4.69) is 4.98 Å². The maximum Gasteiger partial charge on any atom is 0.336 e. The van der Waals surface area contributed by atoms with Gasteiger partial charge in [0.25, 0.3) is 5.91 Å². The molecule has 2 aromatic heterocycles. The molecule has 1 fully saturated rings. The molecule has 1 atom stereocenters. The minimum Gasteiger partial charge on any atom is -0.481 e. The number of carbonyl (C=O) groups is 1. The fourth-order valence-corrected chi connectivity index (χ4v) is 3.57. The second-order valence-electron chi connectivity index (χ2n) is 7.41. The molecule has 0 N–H and O–H groups in total. The van der Waals surface area contributed by atoms with E-state index in [0.29, 0.717) is 31.0 Å². The zero-order chi connectivity index (χ0) is 20.9. The fourth-order valence-electron chi connectivity index (χ4n) is 3.57. The summed E-state index contributed by atoms with van der Waals surface area (Å²) in [4.78, 5) is 30.1. The number of benzene rings is 1. The molecule has 1 saturated heterocycles. The van der Waals surface area contributed by atoms with Crippen LogP contribution in [0.25, 0.3) is 11.0 Å². The van der Waals surface area contributed by atoms with Crippen molar-refractivity contribution in [2.24, 2.45) is 0 Å². The van der Waals surface area contributed by atoms with Gasteiger partial charge in [0.2, 0.25) is 0 Å². The number of fused-ring (bicyclic) bond motifs is 1. The Morgan fingerprint density at radius 3 is 2.80 bits per heavy atom. The molecule has 0 aliphatic carbocycles. The SMILES string of the molecule is CC(Oc1ccc2ccc(=O)oc2c1)C(=O)N1CCC(OCc2cccnc2)CC1. The Kier molecular flexibility index (Phi) is 6.09. The van der Waals surface area contributed by atoms with E-state index in [0.717, 1.165) is 23.8 Å². The van der Waals surface area contributed by atoms with Crippen LogP contribution in [0.5, 0.6) is 5.75 Å². The van der Waals surface area contributed by atoms with E-state index in [4.69, 9.17) is 13.9 Å². The summed E-state index contributed by atoms with van der Waals surface area (Å²) in [5, 5.41) is 0.800. The number of rotatable bonds is 6. The molecule has 1 aromatic carbocycles. The van der Waals surface area contributed by atoms with Gasteiger partial charge in [0.1, 0.15) is 11.3 Å². The van der Waals surface area contributed by atoms with E-state index in [-0.39, 0.29) is 12.0 Å². The molecule has 0 spiro atoms. The maximum atomic E-state index is 12.8. The number of hydrogen-bond acceptors (Lipinski definition) is 6. The van der Waals surface area contributed by atoms with Crippen molar-refractivity contribution in [1.29, 1.82) is 0 Å². The molecule has 7 heteroatoms. The highest BCUT2D eigenvalue weighted by Gasteiger charge is 2.27. The Morgan fingerprint density at radius 2 is 2.03 bits per heavy atom. The quantitative estimate of drug-likeness (QED) is 0.583. The van der Waals surface area contributed by atoms with Crippen molar-refractivity contribution in [2.45, 2.75) is 38.6 Å². The van der Waals surface area contributed by atoms with Gasteiger partial charge in [0.15, 0.2) is 6.10 Å². The van der Waals surface area contributed by atoms with Gasteiger partial charge in [0, 0.05) is 43.0 Å². The highest BCUT2D eigenvalue weighted by Crippen LogP contribution is 2.22. The third-order valence-corrected chi connectivity index (χ3v) is 5.22. The van der Waals surface area contributed by atoms with Gasteiger partial charge in [-0.2, -0.15) is 0 Å². The van der Waals surface area contributed by atoms with Crippen LogP contribution in [0.2, 0.25) is 0 Å². The van der Waals surface area contributed by atoms with Crippen molar-refractivity contribution in [3.05, 3.63) is 70.8 Å². The van der Waals surface area contributed by atoms with Crippen LogP contribution in [0.1, 0.15) is 25.3 Å². The fraction of sp³-hybridized carbons (Fsp3) is 0.348. The van der Waals surface area contributed by atoms with Crippen LogP contribution < -0.4 is 10.4 Å². The number of nitrogens with zero attached hydrogens (tertiary/aromatic N) is 2. The first-order valence-electron chi connectivity index (χ1n) is 10.1. The Bertz CT molecular complexity index is 1060. The van der Waals surface area contributed by atoms with Crippen LogP contribution in [-0.4, -0.2) is 41.1 Å². The number of aromatic nitrogens is 1. The van der Waals surface area contributed by atoms with Crippen LogP contribution >= 0.6 is 0 Å². The van der Waals surface area contributed by atoms with Crippen molar-refractivity contribution >= 4 is 16.9 Å². The smallest absolute Gasteiger partial charge is 0.336 e. The van der Waals surface area contributed by atoms with Gasteiger partial charge in [0.05, 0.1) is 12.7 Å². The lowest BCUT2D eigenvalue weighted by Crippen LogP contribution is -2.46. The van der Waals surface area contributed by atoms with Gasteiger partial charge >= 0.3 is 5.63 Å². The molecule has 3 heterocycles. The van der Waals surface area contributed by atoms with E-state index < -0.39 is 11.7 Å². The first-order chi connectivity index (χ1) is 14.6. The largest absolute Gasteiger partial charge is 0.481 e. The number of carbonyl (C=O) groups excluding carboxylic acids is 1. The lowest BCUT2D eigenvalue weighted by Gasteiger charge is -2.33. The number of likely N-dealkylation sites (tertiary alicyclic amines) is 1. The van der Waals surface area contributed by atoms with Gasteiger partial charge in [-0.1, -0.05) is 6.07 Å². The van der Waals surface area contributed by atoms with Gasteiger partial charge in [-0.25, -0.2) is 4.79 Å². The van der Waals surface area contributed by atoms with Crippen molar-refractivity contribution in [1.82, 2.24) is 9.88 Å². The molecule has 1 amide bonds. The highest BCUT2D eigenvalue weighted by atomic mass is 16.5. The van der Waals surface area contributed by atoms with Crippen molar-refractivity contribution in [3.8, 4) is 5.75 Å². The molecule has 30 heavy (non-hydrogen) atoms. The maximum absolute atomic E-state index is 12.8. The van der Waals surface area contributed by atoms with Crippen LogP contribution in [-0.2, 0) is 16.1 Å². The predicted octanol–water partition coefficient (Wildman–Crippen LogP) is 3.16. The van der Waals surface area contributed by atoms with E-state index in [1.165, 1.54) is 6.07 Å². The number of pyridine rings is 1. The molecule has 1 aliphatic heterocycles. The van der Waals surface area contributed by atoms with Crippen LogP contribution in [0.15, 0.2) is 64.1 Å². The monoisotopic (exact) mass is 408 g/mol. The standard InChI is InChI=1S/C23H24N2O5/c1-16(29-20-6-4-18-5-7-22(26)30-21(18)13-20)23(27)25-11-8-19(9-12-25)28-15-17-3-2-10-24-14-17/h2-7,10,13-14,16,19H,8-9,11-12,15H2,1H3. The Hall–Kier alpha value is -3.19. The van der Waals surface area contributed by atoms with Crippen molar-refractivity contribution in [2.75, 3.05) is 13.1 Å². The summed E-state index contributed by atoms with van der Waals surface area (Å²) < 4.78 is 17.0. The Labute approximate surface area is 174 Å². The molecule has 1 aliphatic rings. The summed E-state index contributed by atoms with van der Waals surface area (Å²) in [6.45, 7) is 3.54. The third kappa shape index (κ3) is 4.86. The van der Waals surface area contributed by atoms with Crippen molar-refractivity contribution in [3.63, 3.8) is 0 Å². The number of piperidine rings is 1. The van der Waals surface area contributed by atoms with E-state index in [1.807, 2.05) is 17.0 Å². The van der Waals surface area contributed by atoms with E-state index >= 15 is 0 Å². The lowest BCUT2D eigenvalue weighted by atomic mass is 10.1. The topological polar surface area (TPSA) is 81.9 Å². The molecule has 3 aromatic rings. The van der Waals surface area contributed by atoms with Crippen LogP contribution in [0.4, 0.5) is 0 Å². The molecule has 1 unspecified atom stereocenters. The molecule has 0 saturated carbocycles. The van der Waals surface area contributed by atoms with Crippen molar-refractivity contribution < 1.29 is 18.7 Å². The number of amides is 1. The minimum absolute atomic E-state index is 0.0599. The Balaban J connectivity index is 1.29. The predicted molar refractivity (Wildman–Crippen MR) is 111 cm³/mol. The summed E-state index contributed by atoms with van der Waals surface area (Å²) in [6, 6.07) is 12.2. The van der Waals surface area contributed by atoms with Gasteiger partial charge in [-0.15, -0.1) is 0 Å². The van der Waals surface area contributed by atoms with Crippen LogP contribution in [0, 0.1) is 0 Å². The highest BCUT2D eigenvalue weighted by molar-refractivity contribution is 5.81. The van der Waals surface area contributed by atoms with Gasteiger partial charge in [-0.05, 0) is 49.6 Å². The lowest BCUT2D eigenvalue weighted by molar-refractivity contribution is -0.140. The average Bonchev–Trinajstić information content (AvgIpc) is 2.78. The molecular formula is C23H24N2O5. The summed E-state index contributed by atoms with van der Waals surface area (Å²) in [7, 11) is 0. The molecule has 7 nitrogen and oxygen atoms in total. The third-order valence-electron chi connectivity index (χ3n) is 5.22. The normalized spacial score (nSPS) is 15.8. The molecule has 0 bridgehead atoms. The average molecular weight is 408 g/mol. The number of hydrogen-bond donors (Lipinski definition) is 0. The second-order valence-corrected chi connectivity index (χ2v) is 7.41.